The molecule has 17 heavy (non-hydrogen) atoms. The van der Waals surface area contributed by atoms with Crippen molar-refractivity contribution in [3.63, 3.8) is 0 Å². The Morgan fingerprint density at radius 3 is 2.06 bits per heavy atom. The van der Waals surface area contributed by atoms with E-state index in [2.05, 4.69) is 13.8 Å². The molecule has 1 atom stereocenters. The van der Waals surface area contributed by atoms with Gasteiger partial charge < -0.3 is 5.73 Å². The van der Waals surface area contributed by atoms with E-state index in [-0.39, 0.29) is 0 Å². The molecule has 0 aliphatic rings. The fourth-order valence-electron chi connectivity index (χ4n) is 1.78. The quantitative estimate of drug-likeness (QED) is 0.791. The van der Waals surface area contributed by atoms with Crippen LogP contribution in [0.2, 0.25) is 0 Å². The second-order valence-corrected chi connectivity index (χ2v) is 4.79. The van der Waals surface area contributed by atoms with Gasteiger partial charge in [0.05, 0.1) is 0 Å². The average Bonchev–Trinajstić information content (AvgIpc) is 2.27. The summed E-state index contributed by atoms with van der Waals surface area (Å²) in [5.41, 5.74) is 7.05. The van der Waals surface area contributed by atoms with E-state index in [0.29, 0.717) is 5.92 Å². The number of ketones is 1. The predicted molar refractivity (Wildman–Crippen MR) is 67.6 cm³/mol. The first-order valence-electron chi connectivity index (χ1n) is 5.84. The van der Waals surface area contributed by atoms with Crippen LogP contribution in [-0.4, -0.2) is 11.7 Å². The van der Waals surface area contributed by atoms with Gasteiger partial charge in [-0.1, -0.05) is 45.0 Å². The van der Waals surface area contributed by atoms with Gasteiger partial charge in [-0.2, -0.15) is 0 Å². The first-order valence-corrected chi connectivity index (χ1v) is 5.84. The number of hydrogen-bond donors (Lipinski definition) is 1. The SMILES string of the molecule is CC(C)Cc1ccc(C(C)C(=O)C(N)=O)cc1. The molecule has 0 saturated heterocycles. The number of carbonyl (C=O) groups excluding carboxylic acids is 2. The zero-order valence-corrected chi connectivity index (χ0v) is 10.6. The number of nitrogens with two attached hydrogens (primary N) is 1. The number of carbonyl (C=O) groups is 2. The third-order valence-corrected chi connectivity index (χ3v) is 2.76. The standard InChI is InChI=1S/C14H19NO2/c1-9(2)8-11-4-6-12(7-5-11)10(3)13(16)14(15)17/h4-7,9-10H,8H2,1-3H3,(H2,15,17). The van der Waals surface area contributed by atoms with Crippen molar-refractivity contribution < 1.29 is 9.59 Å². The number of hydrogen-bond acceptors (Lipinski definition) is 2. The summed E-state index contributed by atoms with van der Waals surface area (Å²) in [5.74, 6) is -1.27. The zero-order valence-electron chi connectivity index (χ0n) is 10.6. The topological polar surface area (TPSA) is 60.2 Å². The highest BCUT2D eigenvalue weighted by atomic mass is 16.2. The van der Waals surface area contributed by atoms with Gasteiger partial charge in [-0.15, -0.1) is 0 Å². The minimum atomic E-state index is -0.872. The number of benzene rings is 1. The molecule has 1 aromatic rings. The second kappa shape index (κ2) is 5.62. The summed E-state index contributed by atoms with van der Waals surface area (Å²) < 4.78 is 0. The minimum absolute atomic E-state index is 0.458. The molecule has 0 saturated carbocycles. The summed E-state index contributed by atoms with van der Waals surface area (Å²) in [5, 5.41) is 0. The van der Waals surface area contributed by atoms with Crippen LogP contribution in [0.4, 0.5) is 0 Å². The predicted octanol–water partition coefficient (Wildman–Crippen LogP) is 2.04. The molecule has 1 aromatic carbocycles. The molecule has 2 N–H and O–H groups in total. The molecule has 92 valence electrons. The van der Waals surface area contributed by atoms with E-state index in [0.717, 1.165) is 12.0 Å². The first kappa shape index (κ1) is 13.4. The van der Waals surface area contributed by atoms with Crippen LogP contribution < -0.4 is 5.73 Å². The number of amides is 1. The number of Topliss-reactive ketones (excluding diaryl/α,β-unsaturated/α-hetero) is 1. The highest BCUT2D eigenvalue weighted by molar-refractivity contribution is 6.37. The molecule has 0 aliphatic heterocycles. The molecule has 3 heteroatoms. The summed E-state index contributed by atoms with van der Waals surface area (Å²) >= 11 is 0. The Labute approximate surface area is 102 Å². The molecular weight excluding hydrogens is 214 g/mol. The van der Waals surface area contributed by atoms with Crippen LogP contribution in [0.1, 0.15) is 37.8 Å². The van der Waals surface area contributed by atoms with Crippen molar-refractivity contribution in [3.05, 3.63) is 35.4 Å². The van der Waals surface area contributed by atoms with Crippen molar-refractivity contribution in [2.24, 2.45) is 11.7 Å². The lowest BCUT2D eigenvalue weighted by molar-refractivity contribution is -0.136. The monoisotopic (exact) mass is 233 g/mol. The molecule has 3 nitrogen and oxygen atoms in total. The lowest BCUT2D eigenvalue weighted by Crippen LogP contribution is -2.27. The largest absolute Gasteiger partial charge is 0.363 e. The Hall–Kier alpha value is -1.64. The molecule has 1 amide bonds. The maximum atomic E-state index is 11.4. The molecule has 0 aliphatic carbocycles. The van der Waals surface area contributed by atoms with Crippen LogP contribution >= 0.6 is 0 Å². The Bertz CT molecular complexity index is 407. The zero-order chi connectivity index (χ0) is 13.0. The van der Waals surface area contributed by atoms with Crippen LogP contribution in [0.3, 0.4) is 0 Å². The normalized spacial score (nSPS) is 12.5. The van der Waals surface area contributed by atoms with Crippen molar-refractivity contribution in [3.8, 4) is 0 Å². The van der Waals surface area contributed by atoms with Crippen molar-refractivity contribution in [1.82, 2.24) is 0 Å². The van der Waals surface area contributed by atoms with Crippen molar-refractivity contribution in [2.45, 2.75) is 33.1 Å². The van der Waals surface area contributed by atoms with E-state index in [1.807, 2.05) is 24.3 Å². The van der Waals surface area contributed by atoms with Gasteiger partial charge in [0.15, 0.2) is 0 Å². The Morgan fingerprint density at radius 1 is 1.12 bits per heavy atom. The summed E-state index contributed by atoms with van der Waals surface area (Å²) in [6, 6.07) is 7.78. The fourth-order valence-corrected chi connectivity index (χ4v) is 1.78. The highest BCUT2D eigenvalue weighted by Gasteiger charge is 2.19. The second-order valence-electron chi connectivity index (χ2n) is 4.79. The molecule has 1 rings (SSSR count). The molecule has 0 bridgehead atoms. The van der Waals surface area contributed by atoms with Crippen LogP contribution in [0, 0.1) is 5.92 Å². The highest BCUT2D eigenvalue weighted by Crippen LogP contribution is 2.18. The van der Waals surface area contributed by atoms with Crippen LogP contribution in [0.15, 0.2) is 24.3 Å². The van der Waals surface area contributed by atoms with Gasteiger partial charge in [-0.3, -0.25) is 9.59 Å². The summed E-state index contributed by atoms with van der Waals surface area (Å²) in [6.45, 7) is 6.02. The molecule has 0 fully saturated rings. The van der Waals surface area contributed by atoms with Crippen molar-refractivity contribution in [2.75, 3.05) is 0 Å². The fraction of sp³-hybridized carbons (Fsp3) is 0.429. The maximum absolute atomic E-state index is 11.4. The van der Waals surface area contributed by atoms with Crippen molar-refractivity contribution in [1.29, 1.82) is 0 Å². The van der Waals surface area contributed by atoms with Gasteiger partial charge in [0.2, 0.25) is 5.78 Å². The van der Waals surface area contributed by atoms with E-state index < -0.39 is 17.6 Å². The van der Waals surface area contributed by atoms with Gasteiger partial charge in [-0.25, -0.2) is 0 Å². The van der Waals surface area contributed by atoms with Gasteiger partial charge in [0, 0.05) is 5.92 Å². The summed E-state index contributed by atoms with van der Waals surface area (Å²) in [4.78, 5) is 22.2. The molecule has 0 radical (unpaired) electrons. The van der Waals surface area contributed by atoms with E-state index in [1.165, 1.54) is 5.56 Å². The Balaban J connectivity index is 2.80. The van der Waals surface area contributed by atoms with Gasteiger partial charge in [-0.05, 0) is 23.5 Å². The molecule has 0 heterocycles. The minimum Gasteiger partial charge on any atom is -0.363 e. The lowest BCUT2D eigenvalue weighted by Gasteiger charge is -2.10. The first-order chi connectivity index (χ1) is 7.91. The van der Waals surface area contributed by atoms with Crippen LogP contribution in [0.25, 0.3) is 0 Å². The van der Waals surface area contributed by atoms with Crippen molar-refractivity contribution >= 4 is 11.7 Å². The molecule has 0 spiro atoms. The van der Waals surface area contributed by atoms with Gasteiger partial charge in [0.25, 0.3) is 5.91 Å². The third kappa shape index (κ3) is 3.70. The molecular formula is C14H19NO2. The van der Waals surface area contributed by atoms with Gasteiger partial charge >= 0.3 is 0 Å². The van der Waals surface area contributed by atoms with Crippen LogP contribution in [0.5, 0.6) is 0 Å². The average molecular weight is 233 g/mol. The van der Waals surface area contributed by atoms with Crippen LogP contribution in [-0.2, 0) is 16.0 Å². The van der Waals surface area contributed by atoms with Gasteiger partial charge in [0.1, 0.15) is 0 Å². The van der Waals surface area contributed by atoms with E-state index in [9.17, 15) is 9.59 Å². The lowest BCUT2D eigenvalue weighted by atomic mass is 9.94. The molecule has 1 unspecified atom stereocenters. The molecule has 0 aromatic heterocycles. The number of rotatable bonds is 5. The third-order valence-electron chi connectivity index (χ3n) is 2.76. The summed E-state index contributed by atoms with van der Waals surface area (Å²) in [6.07, 6.45) is 1.01. The maximum Gasteiger partial charge on any atom is 0.285 e. The van der Waals surface area contributed by atoms with E-state index in [1.54, 1.807) is 6.92 Å². The Morgan fingerprint density at radius 2 is 1.65 bits per heavy atom. The smallest absolute Gasteiger partial charge is 0.285 e. The summed E-state index contributed by atoms with van der Waals surface area (Å²) in [7, 11) is 0. The Kier molecular flexibility index (Phi) is 4.44. The van der Waals surface area contributed by atoms with E-state index in [4.69, 9.17) is 5.73 Å². The van der Waals surface area contributed by atoms with E-state index >= 15 is 0 Å². The number of primary amides is 1.